The second-order valence-electron chi connectivity index (χ2n) is 8.20. The number of benzene rings is 1. The van der Waals surface area contributed by atoms with Crippen LogP contribution in [0.4, 0.5) is 0 Å². The third-order valence-electron chi connectivity index (χ3n) is 5.24. The first-order chi connectivity index (χ1) is 16.5. The highest BCUT2D eigenvalue weighted by Gasteiger charge is 2.29. The molecule has 0 aromatic heterocycles. The Balaban J connectivity index is 2.81. The maximum Gasteiger partial charge on any atom is 0.326 e. The SMILES string of the molecule is CC(NC(=O)C(N)CCCCN)C(=O)NC(CCC(=O)O)C(=O)NC(Cc1ccccc1)C(=O)O. The molecule has 12 heteroatoms. The van der Waals surface area contributed by atoms with Crippen LogP contribution < -0.4 is 27.4 Å². The van der Waals surface area contributed by atoms with Gasteiger partial charge >= 0.3 is 11.9 Å². The van der Waals surface area contributed by atoms with Gasteiger partial charge in [-0.1, -0.05) is 36.8 Å². The lowest BCUT2D eigenvalue weighted by molar-refractivity contribution is -0.143. The van der Waals surface area contributed by atoms with E-state index in [-0.39, 0.29) is 12.8 Å². The molecule has 0 saturated carbocycles. The average molecular weight is 494 g/mol. The van der Waals surface area contributed by atoms with Gasteiger partial charge in [-0.2, -0.15) is 0 Å². The molecule has 0 heterocycles. The first kappa shape index (κ1) is 29.5. The van der Waals surface area contributed by atoms with Crippen molar-refractivity contribution in [2.75, 3.05) is 6.54 Å². The highest BCUT2D eigenvalue weighted by molar-refractivity contribution is 5.94. The van der Waals surface area contributed by atoms with Crippen LogP contribution in [-0.4, -0.2) is 70.6 Å². The molecule has 12 nitrogen and oxygen atoms in total. The van der Waals surface area contributed by atoms with Crippen molar-refractivity contribution >= 4 is 29.7 Å². The number of amides is 3. The van der Waals surface area contributed by atoms with E-state index in [1.54, 1.807) is 30.3 Å². The third-order valence-corrected chi connectivity index (χ3v) is 5.24. The van der Waals surface area contributed by atoms with Crippen molar-refractivity contribution in [2.24, 2.45) is 11.5 Å². The molecule has 0 aliphatic carbocycles. The van der Waals surface area contributed by atoms with E-state index in [4.69, 9.17) is 16.6 Å². The van der Waals surface area contributed by atoms with Crippen LogP contribution in [-0.2, 0) is 30.4 Å². The Morgan fingerprint density at radius 2 is 1.49 bits per heavy atom. The number of aliphatic carboxylic acids is 2. The van der Waals surface area contributed by atoms with Crippen molar-refractivity contribution < 1.29 is 34.2 Å². The molecular weight excluding hydrogens is 458 g/mol. The largest absolute Gasteiger partial charge is 0.481 e. The second-order valence-corrected chi connectivity index (χ2v) is 8.20. The molecule has 194 valence electrons. The van der Waals surface area contributed by atoms with Crippen molar-refractivity contribution in [3.63, 3.8) is 0 Å². The lowest BCUT2D eigenvalue weighted by Gasteiger charge is -2.23. The zero-order chi connectivity index (χ0) is 26.4. The van der Waals surface area contributed by atoms with Gasteiger partial charge in [0.2, 0.25) is 17.7 Å². The summed E-state index contributed by atoms with van der Waals surface area (Å²) in [7, 11) is 0. The molecule has 0 bridgehead atoms. The van der Waals surface area contributed by atoms with E-state index >= 15 is 0 Å². The van der Waals surface area contributed by atoms with Crippen molar-refractivity contribution in [1.82, 2.24) is 16.0 Å². The lowest BCUT2D eigenvalue weighted by atomic mass is 10.0. The van der Waals surface area contributed by atoms with Crippen molar-refractivity contribution in [3.05, 3.63) is 35.9 Å². The minimum absolute atomic E-state index is 0.00395. The van der Waals surface area contributed by atoms with Gasteiger partial charge in [-0.15, -0.1) is 0 Å². The molecule has 0 radical (unpaired) electrons. The van der Waals surface area contributed by atoms with Gasteiger partial charge in [0.1, 0.15) is 18.1 Å². The normalized spacial score (nSPS) is 14.1. The van der Waals surface area contributed by atoms with Crippen molar-refractivity contribution in [2.45, 2.75) is 69.6 Å². The van der Waals surface area contributed by atoms with E-state index in [0.29, 0.717) is 31.4 Å². The molecule has 0 aliphatic heterocycles. The lowest BCUT2D eigenvalue weighted by Crippen LogP contribution is -2.56. The molecule has 0 spiro atoms. The number of hydrogen-bond donors (Lipinski definition) is 7. The number of hydrogen-bond acceptors (Lipinski definition) is 7. The molecule has 1 rings (SSSR count). The van der Waals surface area contributed by atoms with Gasteiger partial charge in [0.05, 0.1) is 6.04 Å². The van der Waals surface area contributed by atoms with Gasteiger partial charge in [-0.05, 0) is 38.3 Å². The summed E-state index contributed by atoms with van der Waals surface area (Å²) in [4.78, 5) is 60.3. The second kappa shape index (κ2) is 15.4. The zero-order valence-corrected chi connectivity index (χ0v) is 19.7. The molecule has 35 heavy (non-hydrogen) atoms. The summed E-state index contributed by atoms with van der Waals surface area (Å²) in [6, 6.07) is 4.11. The van der Waals surface area contributed by atoms with Crippen molar-refractivity contribution in [3.8, 4) is 0 Å². The van der Waals surface area contributed by atoms with Crippen LogP contribution in [0.2, 0.25) is 0 Å². The van der Waals surface area contributed by atoms with Gasteiger partial charge in [0.15, 0.2) is 0 Å². The number of rotatable bonds is 16. The number of unbranched alkanes of at least 4 members (excludes halogenated alkanes) is 1. The molecule has 0 saturated heterocycles. The monoisotopic (exact) mass is 493 g/mol. The number of carbonyl (C=O) groups is 5. The van der Waals surface area contributed by atoms with Gasteiger partial charge in [-0.3, -0.25) is 19.2 Å². The van der Waals surface area contributed by atoms with E-state index in [9.17, 15) is 29.1 Å². The maximum atomic E-state index is 12.8. The first-order valence-corrected chi connectivity index (χ1v) is 11.4. The van der Waals surface area contributed by atoms with Crippen LogP contribution in [0.25, 0.3) is 0 Å². The van der Waals surface area contributed by atoms with Crippen molar-refractivity contribution in [1.29, 1.82) is 0 Å². The summed E-state index contributed by atoms with van der Waals surface area (Å²) in [5.41, 5.74) is 11.9. The fourth-order valence-corrected chi connectivity index (χ4v) is 3.18. The van der Waals surface area contributed by atoms with E-state index in [1.165, 1.54) is 6.92 Å². The van der Waals surface area contributed by atoms with Crippen LogP contribution in [0.1, 0.15) is 44.6 Å². The fourth-order valence-electron chi connectivity index (χ4n) is 3.18. The summed E-state index contributed by atoms with van der Waals surface area (Å²) in [6.07, 6.45) is 1.02. The summed E-state index contributed by atoms with van der Waals surface area (Å²) in [6.45, 7) is 1.86. The van der Waals surface area contributed by atoms with Crippen LogP contribution in [0.3, 0.4) is 0 Å². The zero-order valence-electron chi connectivity index (χ0n) is 19.7. The van der Waals surface area contributed by atoms with Crippen LogP contribution >= 0.6 is 0 Å². The molecule has 4 unspecified atom stereocenters. The predicted molar refractivity (Wildman–Crippen MR) is 127 cm³/mol. The van der Waals surface area contributed by atoms with E-state index < -0.39 is 60.2 Å². The van der Waals surface area contributed by atoms with Gasteiger partial charge in [0, 0.05) is 12.8 Å². The fraction of sp³-hybridized carbons (Fsp3) is 0.522. The van der Waals surface area contributed by atoms with Gasteiger partial charge < -0.3 is 37.6 Å². The minimum atomic E-state index is -1.33. The average Bonchev–Trinajstić information content (AvgIpc) is 2.81. The Kier molecular flexibility index (Phi) is 13.0. The highest BCUT2D eigenvalue weighted by atomic mass is 16.4. The molecule has 0 aliphatic rings. The number of carbonyl (C=O) groups excluding carboxylic acids is 3. The summed E-state index contributed by atoms with van der Waals surface area (Å²) < 4.78 is 0. The van der Waals surface area contributed by atoms with Crippen LogP contribution in [0.15, 0.2) is 30.3 Å². The van der Waals surface area contributed by atoms with E-state index in [2.05, 4.69) is 16.0 Å². The molecule has 9 N–H and O–H groups in total. The molecule has 1 aromatic rings. The minimum Gasteiger partial charge on any atom is -0.481 e. The topological polar surface area (TPSA) is 214 Å². The first-order valence-electron chi connectivity index (χ1n) is 11.4. The quantitative estimate of drug-likeness (QED) is 0.142. The van der Waals surface area contributed by atoms with E-state index in [1.807, 2.05) is 0 Å². The Hall–Kier alpha value is -3.51. The summed E-state index contributed by atoms with van der Waals surface area (Å²) in [5.74, 6) is -4.62. The Morgan fingerprint density at radius 3 is 2.06 bits per heavy atom. The summed E-state index contributed by atoms with van der Waals surface area (Å²) in [5, 5.41) is 25.7. The molecule has 1 aromatic carbocycles. The standard InChI is InChI=1S/C23H35N5O7/c1-14(26-21(32)16(25)9-5-6-12-24)20(31)27-17(10-11-19(29)30)22(33)28-18(23(34)35)13-15-7-3-2-4-8-15/h2-4,7-8,14,16-18H,5-6,9-13,24-25H2,1H3,(H,26,32)(H,27,31)(H,28,33)(H,29,30)(H,34,35). The van der Waals surface area contributed by atoms with Gasteiger partial charge in [-0.25, -0.2) is 4.79 Å². The smallest absolute Gasteiger partial charge is 0.326 e. The highest BCUT2D eigenvalue weighted by Crippen LogP contribution is 2.06. The molecule has 4 atom stereocenters. The maximum absolute atomic E-state index is 12.8. The van der Waals surface area contributed by atoms with Crippen LogP contribution in [0, 0.1) is 0 Å². The molecule has 0 fully saturated rings. The Morgan fingerprint density at radius 1 is 0.857 bits per heavy atom. The Labute approximate surface area is 203 Å². The third kappa shape index (κ3) is 11.5. The van der Waals surface area contributed by atoms with E-state index in [0.717, 1.165) is 0 Å². The predicted octanol–water partition coefficient (Wildman–Crippen LogP) is -0.891. The van der Waals surface area contributed by atoms with Crippen LogP contribution in [0.5, 0.6) is 0 Å². The number of carboxylic acids is 2. The number of carboxylic acid groups (broad SMARTS) is 2. The Bertz CT molecular complexity index is 865. The molecule has 3 amide bonds. The molecular formula is C23H35N5O7. The van der Waals surface area contributed by atoms with Gasteiger partial charge in [0.25, 0.3) is 0 Å². The number of nitrogens with one attached hydrogen (secondary N) is 3. The summed E-state index contributed by atoms with van der Waals surface area (Å²) >= 11 is 0. The number of nitrogens with two attached hydrogens (primary N) is 2.